The zero-order valence-corrected chi connectivity index (χ0v) is 13.4. The lowest BCUT2D eigenvalue weighted by molar-refractivity contribution is -0.143. The molecule has 0 fully saturated rings. The standard InChI is InChI=1S/C14H19BrN2O3/c1-9(2)7-12(13(18)20-3)17-14(19)16-11-6-4-5-10(15)8-11/h4-6,8-9,12H,7H2,1-3H3,(H2,16,17,19)/t12-/m0/s1. The van der Waals surface area contributed by atoms with Gasteiger partial charge in [0.25, 0.3) is 0 Å². The fourth-order valence-electron chi connectivity index (χ4n) is 1.72. The van der Waals surface area contributed by atoms with Crippen molar-refractivity contribution in [2.45, 2.75) is 26.3 Å². The fraction of sp³-hybridized carbons (Fsp3) is 0.429. The van der Waals surface area contributed by atoms with E-state index in [1.165, 1.54) is 7.11 Å². The lowest BCUT2D eigenvalue weighted by atomic mass is 10.0. The second-order valence-electron chi connectivity index (χ2n) is 4.81. The maximum atomic E-state index is 11.9. The van der Waals surface area contributed by atoms with Gasteiger partial charge in [-0.2, -0.15) is 0 Å². The number of carbonyl (C=O) groups is 2. The zero-order chi connectivity index (χ0) is 15.1. The molecule has 0 spiro atoms. The average molecular weight is 343 g/mol. The summed E-state index contributed by atoms with van der Waals surface area (Å²) in [7, 11) is 1.31. The molecule has 1 rings (SSSR count). The number of methoxy groups -OCH3 is 1. The summed E-state index contributed by atoms with van der Waals surface area (Å²) in [6.45, 7) is 3.95. The number of hydrogen-bond acceptors (Lipinski definition) is 3. The van der Waals surface area contributed by atoms with Crippen LogP contribution in [-0.4, -0.2) is 25.2 Å². The lowest BCUT2D eigenvalue weighted by Gasteiger charge is -2.18. The molecule has 2 N–H and O–H groups in total. The van der Waals surface area contributed by atoms with Crippen molar-refractivity contribution in [1.29, 1.82) is 0 Å². The highest BCUT2D eigenvalue weighted by molar-refractivity contribution is 9.10. The molecule has 0 aromatic heterocycles. The first-order chi connectivity index (χ1) is 9.42. The Morgan fingerprint density at radius 1 is 1.35 bits per heavy atom. The van der Waals surface area contributed by atoms with Crippen LogP contribution < -0.4 is 10.6 Å². The van der Waals surface area contributed by atoms with Gasteiger partial charge in [0.1, 0.15) is 6.04 Å². The number of rotatable bonds is 5. The van der Waals surface area contributed by atoms with E-state index in [1.54, 1.807) is 12.1 Å². The minimum atomic E-state index is -0.646. The summed E-state index contributed by atoms with van der Waals surface area (Å²) in [6, 6.07) is 6.13. The summed E-state index contributed by atoms with van der Waals surface area (Å²) in [6.07, 6.45) is 0.526. The first-order valence-corrected chi connectivity index (χ1v) is 7.12. The number of amides is 2. The van der Waals surface area contributed by atoms with Gasteiger partial charge in [-0.15, -0.1) is 0 Å². The Kier molecular flexibility index (Phi) is 6.51. The van der Waals surface area contributed by atoms with Gasteiger partial charge in [0.2, 0.25) is 0 Å². The molecule has 5 nitrogen and oxygen atoms in total. The number of benzene rings is 1. The summed E-state index contributed by atoms with van der Waals surface area (Å²) >= 11 is 3.32. The van der Waals surface area contributed by atoms with E-state index >= 15 is 0 Å². The summed E-state index contributed by atoms with van der Waals surface area (Å²) < 4.78 is 5.56. The Bertz CT molecular complexity index is 477. The molecule has 20 heavy (non-hydrogen) atoms. The first kappa shape index (κ1) is 16.5. The van der Waals surface area contributed by atoms with Gasteiger partial charge in [0.15, 0.2) is 0 Å². The number of ether oxygens (including phenoxy) is 1. The predicted octanol–water partition coefficient (Wildman–Crippen LogP) is 3.16. The summed E-state index contributed by atoms with van der Waals surface area (Å²) in [5.41, 5.74) is 0.644. The highest BCUT2D eigenvalue weighted by Gasteiger charge is 2.22. The number of urea groups is 1. The molecule has 0 aliphatic carbocycles. The largest absolute Gasteiger partial charge is 0.467 e. The van der Waals surface area contributed by atoms with Crippen LogP contribution in [0.3, 0.4) is 0 Å². The van der Waals surface area contributed by atoms with E-state index in [-0.39, 0.29) is 5.92 Å². The molecule has 0 saturated carbocycles. The van der Waals surface area contributed by atoms with Gasteiger partial charge in [-0.05, 0) is 30.5 Å². The van der Waals surface area contributed by atoms with Crippen LogP contribution in [0.15, 0.2) is 28.7 Å². The number of nitrogens with one attached hydrogen (secondary N) is 2. The number of hydrogen-bond donors (Lipinski definition) is 2. The maximum Gasteiger partial charge on any atom is 0.328 e. The van der Waals surface area contributed by atoms with Crippen molar-refractivity contribution in [3.05, 3.63) is 28.7 Å². The number of esters is 1. The second kappa shape index (κ2) is 7.89. The van der Waals surface area contributed by atoms with Crippen LogP contribution in [0.5, 0.6) is 0 Å². The van der Waals surface area contributed by atoms with E-state index in [2.05, 4.69) is 26.6 Å². The monoisotopic (exact) mass is 342 g/mol. The minimum Gasteiger partial charge on any atom is -0.467 e. The molecule has 0 saturated heterocycles. The van der Waals surface area contributed by atoms with Crippen molar-refractivity contribution in [3.8, 4) is 0 Å². The molecule has 2 amide bonds. The second-order valence-corrected chi connectivity index (χ2v) is 5.73. The normalized spacial score (nSPS) is 11.8. The van der Waals surface area contributed by atoms with Gasteiger partial charge in [-0.3, -0.25) is 0 Å². The highest BCUT2D eigenvalue weighted by atomic mass is 79.9. The Labute approximate surface area is 127 Å². The Morgan fingerprint density at radius 3 is 2.60 bits per heavy atom. The SMILES string of the molecule is COC(=O)[C@H](CC(C)C)NC(=O)Nc1cccc(Br)c1. The third kappa shape index (κ3) is 5.61. The maximum absolute atomic E-state index is 11.9. The summed E-state index contributed by atoms with van der Waals surface area (Å²) in [5.74, 6) is -0.173. The van der Waals surface area contributed by atoms with Gasteiger partial charge in [0.05, 0.1) is 7.11 Å². The molecule has 6 heteroatoms. The van der Waals surface area contributed by atoms with Crippen molar-refractivity contribution >= 4 is 33.6 Å². The van der Waals surface area contributed by atoms with Crippen LogP contribution >= 0.6 is 15.9 Å². The first-order valence-electron chi connectivity index (χ1n) is 6.33. The van der Waals surface area contributed by atoms with E-state index in [0.29, 0.717) is 12.1 Å². The number of anilines is 1. The van der Waals surface area contributed by atoms with Gasteiger partial charge >= 0.3 is 12.0 Å². The van der Waals surface area contributed by atoms with Crippen molar-refractivity contribution < 1.29 is 14.3 Å². The van der Waals surface area contributed by atoms with Crippen LogP contribution in [0.1, 0.15) is 20.3 Å². The fourth-order valence-corrected chi connectivity index (χ4v) is 2.12. The molecule has 0 aliphatic heterocycles. The number of halogens is 1. The van der Waals surface area contributed by atoms with Crippen molar-refractivity contribution in [1.82, 2.24) is 5.32 Å². The zero-order valence-electron chi connectivity index (χ0n) is 11.8. The average Bonchev–Trinajstić information content (AvgIpc) is 2.36. The third-order valence-corrected chi connectivity index (χ3v) is 3.07. The molecule has 0 heterocycles. The highest BCUT2D eigenvalue weighted by Crippen LogP contribution is 2.15. The van der Waals surface area contributed by atoms with Crippen molar-refractivity contribution in [2.24, 2.45) is 5.92 Å². The summed E-state index contributed by atoms with van der Waals surface area (Å²) in [5, 5.41) is 5.30. The van der Waals surface area contributed by atoms with E-state index in [4.69, 9.17) is 4.74 Å². The smallest absolute Gasteiger partial charge is 0.328 e. The van der Waals surface area contributed by atoms with E-state index < -0.39 is 18.0 Å². The van der Waals surface area contributed by atoms with Gasteiger partial charge in [-0.25, -0.2) is 9.59 Å². The predicted molar refractivity (Wildman–Crippen MR) is 81.6 cm³/mol. The van der Waals surface area contributed by atoms with Crippen LogP contribution in [0.25, 0.3) is 0 Å². The lowest BCUT2D eigenvalue weighted by Crippen LogP contribution is -2.44. The molecular formula is C14H19BrN2O3. The molecule has 0 radical (unpaired) electrons. The van der Waals surface area contributed by atoms with Crippen LogP contribution in [0.4, 0.5) is 10.5 Å². The molecule has 0 bridgehead atoms. The Morgan fingerprint density at radius 2 is 2.05 bits per heavy atom. The van der Waals surface area contributed by atoms with E-state index in [9.17, 15) is 9.59 Å². The molecule has 1 aromatic carbocycles. The molecule has 1 atom stereocenters. The topological polar surface area (TPSA) is 67.4 Å². The molecule has 1 aromatic rings. The van der Waals surface area contributed by atoms with Gasteiger partial charge < -0.3 is 15.4 Å². The molecular weight excluding hydrogens is 324 g/mol. The van der Waals surface area contributed by atoms with E-state index in [1.807, 2.05) is 26.0 Å². The van der Waals surface area contributed by atoms with Crippen LogP contribution in [0.2, 0.25) is 0 Å². The van der Waals surface area contributed by atoms with Gasteiger partial charge in [0, 0.05) is 10.2 Å². The van der Waals surface area contributed by atoms with E-state index in [0.717, 1.165) is 4.47 Å². The minimum absolute atomic E-state index is 0.269. The van der Waals surface area contributed by atoms with Crippen molar-refractivity contribution in [3.63, 3.8) is 0 Å². The van der Waals surface area contributed by atoms with Gasteiger partial charge in [-0.1, -0.05) is 35.8 Å². The number of carbonyl (C=O) groups excluding carboxylic acids is 2. The quantitative estimate of drug-likeness (QED) is 0.807. The third-order valence-electron chi connectivity index (χ3n) is 2.58. The summed E-state index contributed by atoms with van der Waals surface area (Å²) in [4.78, 5) is 23.5. The Hall–Kier alpha value is -1.56. The van der Waals surface area contributed by atoms with Crippen LogP contribution in [-0.2, 0) is 9.53 Å². The van der Waals surface area contributed by atoms with Crippen molar-refractivity contribution in [2.75, 3.05) is 12.4 Å². The molecule has 0 unspecified atom stereocenters. The van der Waals surface area contributed by atoms with Crippen LogP contribution in [0, 0.1) is 5.92 Å². The Balaban J connectivity index is 2.64. The molecule has 0 aliphatic rings. The molecule has 110 valence electrons.